The van der Waals surface area contributed by atoms with Gasteiger partial charge in [0, 0.05) is 27.8 Å². The molecule has 0 saturated carbocycles. The fraction of sp³-hybridized carbons (Fsp3) is 0.250. The van der Waals surface area contributed by atoms with Crippen LogP contribution in [0.4, 0.5) is 0 Å². The molecule has 168 valence electrons. The fourth-order valence-corrected chi connectivity index (χ4v) is 5.57. The summed E-state index contributed by atoms with van der Waals surface area (Å²) in [7, 11) is 1.63. The van der Waals surface area contributed by atoms with Crippen LogP contribution in [0.25, 0.3) is 21.2 Å². The lowest BCUT2D eigenvalue weighted by molar-refractivity contribution is 0.104. The van der Waals surface area contributed by atoms with Gasteiger partial charge in [0.05, 0.1) is 12.0 Å². The van der Waals surface area contributed by atoms with Crippen molar-refractivity contribution in [1.29, 1.82) is 0 Å². The molecule has 1 fully saturated rings. The Hall–Kier alpha value is -3.15. The van der Waals surface area contributed by atoms with Crippen LogP contribution in [0.3, 0.4) is 0 Å². The normalized spacial score (nSPS) is 14.0. The molecule has 5 rings (SSSR count). The van der Waals surface area contributed by atoms with Gasteiger partial charge in [-0.25, -0.2) is 0 Å². The van der Waals surface area contributed by atoms with Gasteiger partial charge in [-0.1, -0.05) is 30.3 Å². The first-order chi connectivity index (χ1) is 16.2. The minimum Gasteiger partial charge on any atom is -0.497 e. The summed E-state index contributed by atoms with van der Waals surface area (Å²) in [5.74, 6) is 1.63. The number of methoxy groups -OCH3 is 1. The van der Waals surface area contributed by atoms with Gasteiger partial charge in [-0.05, 0) is 74.0 Å². The predicted octanol–water partition coefficient (Wildman–Crippen LogP) is 6.28. The summed E-state index contributed by atoms with van der Waals surface area (Å²) in [5, 5.41) is 1.10. The molecule has 0 unspecified atom stereocenters. The molecule has 1 aliphatic heterocycles. The zero-order valence-corrected chi connectivity index (χ0v) is 19.6. The molecule has 33 heavy (non-hydrogen) atoms. The van der Waals surface area contributed by atoms with Crippen molar-refractivity contribution in [3.63, 3.8) is 0 Å². The Kier molecular flexibility index (Phi) is 6.42. The molecule has 1 aliphatic rings. The first kappa shape index (κ1) is 21.7. The first-order valence-electron chi connectivity index (χ1n) is 11.4. The molecule has 0 spiro atoms. The van der Waals surface area contributed by atoms with E-state index in [2.05, 4.69) is 29.2 Å². The van der Waals surface area contributed by atoms with Gasteiger partial charge < -0.3 is 9.47 Å². The minimum atomic E-state index is 0.0276. The third kappa shape index (κ3) is 4.65. The highest BCUT2D eigenvalue weighted by atomic mass is 32.1. The molecule has 0 bridgehead atoms. The minimum absolute atomic E-state index is 0.0276. The lowest BCUT2D eigenvalue weighted by Crippen LogP contribution is -2.25. The lowest BCUT2D eigenvalue weighted by Gasteiger charge is -2.15. The van der Waals surface area contributed by atoms with Crippen LogP contribution < -0.4 is 9.47 Å². The topological polar surface area (TPSA) is 38.8 Å². The smallest absolute Gasteiger partial charge is 0.203 e. The SMILES string of the molecule is COc1ccc(C(=O)c2sc3ccccc3c2-c2ccc(OCCN3CCCC3)cc2)cc1. The maximum atomic E-state index is 13.5. The number of ether oxygens (including phenoxy) is 2. The van der Waals surface area contributed by atoms with Gasteiger partial charge in [-0.15, -0.1) is 11.3 Å². The van der Waals surface area contributed by atoms with Gasteiger partial charge in [-0.3, -0.25) is 9.69 Å². The maximum absolute atomic E-state index is 13.5. The van der Waals surface area contributed by atoms with Crippen LogP contribution in [0.15, 0.2) is 72.8 Å². The van der Waals surface area contributed by atoms with Crippen molar-refractivity contribution in [3.05, 3.63) is 83.2 Å². The second kappa shape index (κ2) is 9.77. The van der Waals surface area contributed by atoms with Crippen molar-refractivity contribution < 1.29 is 14.3 Å². The number of fused-ring (bicyclic) bond motifs is 1. The van der Waals surface area contributed by atoms with Crippen LogP contribution >= 0.6 is 11.3 Å². The summed E-state index contributed by atoms with van der Waals surface area (Å²) in [6.45, 7) is 4.02. The van der Waals surface area contributed by atoms with E-state index in [1.54, 1.807) is 18.4 Å². The third-order valence-corrected chi connectivity index (χ3v) is 7.34. The van der Waals surface area contributed by atoms with Gasteiger partial charge in [0.25, 0.3) is 0 Å². The molecule has 1 aromatic heterocycles. The van der Waals surface area contributed by atoms with E-state index in [-0.39, 0.29) is 5.78 Å². The summed E-state index contributed by atoms with van der Waals surface area (Å²) in [4.78, 5) is 16.7. The summed E-state index contributed by atoms with van der Waals surface area (Å²) in [5.41, 5.74) is 2.67. The largest absolute Gasteiger partial charge is 0.497 e. The Balaban J connectivity index is 1.42. The van der Waals surface area contributed by atoms with Crippen molar-refractivity contribution >= 4 is 27.2 Å². The number of ketones is 1. The molecular weight excluding hydrogens is 430 g/mol. The molecule has 4 aromatic rings. The molecule has 5 heteroatoms. The molecule has 0 N–H and O–H groups in total. The number of hydrogen-bond donors (Lipinski definition) is 0. The second-order valence-electron chi connectivity index (χ2n) is 8.28. The summed E-state index contributed by atoms with van der Waals surface area (Å²) in [6, 6.07) is 23.6. The number of hydrogen-bond acceptors (Lipinski definition) is 5. The highest BCUT2D eigenvalue weighted by Gasteiger charge is 2.21. The number of likely N-dealkylation sites (tertiary alicyclic amines) is 1. The van der Waals surface area contributed by atoms with E-state index in [0.29, 0.717) is 12.2 Å². The quantitative estimate of drug-likeness (QED) is 0.292. The molecule has 0 aliphatic carbocycles. The Bertz CT molecular complexity index is 1240. The van der Waals surface area contributed by atoms with Crippen LogP contribution in [-0.4, -0.2) is 44.0 Å². The van der Waals surface area contributed by atoms with E-state index in [1.807, 2.05) is 48.5 Å². The van der Waals surface area contributed by atoms with Gasteiger partial charge >= 0.3 is 0 Å². The van der Waals surface area contributed by atoms with E-state index >= 15 is 0 Å². The van der Waals surface area contributed by atoms with Gasteiger partial charge in [0.1, 0.15) is 18.1 Å². The van der Waals surface area contributed by atoms with Crippen molar-refractivity contribution in [1.82, 2.24) is 4.90 Å². The van der Waals surface area contributed by atoms with Crippen LogP contribution in [0.1, 0.15) is 28.1 Å². The molecule has 0 amide bonds. The highest BCUT2D eigenvalue weighted by Crippen LogP contribution is 2.40. The standard InChI is InChI=1S/C28H27NO3S/c1-31-22-12-10-21(11-13-22)27(30)28-26(24-6-2-3-7-25(24)33-28)20-8-14-23(15-9-20)32-19-18-29-16-4-5-17-29/h2-3,6-15H,4-5,16-19H2,1H3. The average Bonchev–Trinajstić information content (AvgIpc) is 3.52. The number of rotatable bonds is 8. The lowest BCUT2D eigenvalue weighted by atomic mass is 9.98. The molecular formula is C28H27NO3S. The highest BCUT2D eigenvalue weighted by molar-refractivity contribution is 7.21. The van der Waals surface area contributed by atoms with Crippen molar-refractivity contribution in [3.8, 4) is 22.6 Å². The second-order valence-corrected chi connectivity index (χ2v) is 9.33. The van der Waals surface area contributed by atoms with Crippen molar-refractivity contribution in [2.45, 2.75) is 12.8 Å². The average molecular weight is 458 g/mol. The summed E-state index contributed by atoms with van der Waals surface area (Å²) in [6.07, 6.45) is 2.59. The van der Waals surface area contributed by atoms with E-state index in [9.17, 15) is 4.79 Å². The fourth-order valence-electron chi connectivity index (χ4n) is 4.38. The van der Waals surface area contributed by atoms with Crippen molar-refractivity contribution in [2.75, 3.05) is 33.4 Å². The van der Waals surface area contributed by atoms with E-state index in [0.717, 1.165) is 44.1 Å². The Labute approximate surface area is 198 Å². The zero-order valence-electron chi connectivity index (χ0n) is 18.8. The molecule has 2 heterocycles. The summed E-state index contributed by atoms with van der Waals surface area (Å²) < 4.78 is 12.3. The van der Waals surface area contributed by atoms with Gasteiger partial charge in [-0.2, -0.15) is 0 Å². The molecule has 3 aromatic carbocycles. The molecule has 4 nitrogen and oxygen atoms in total. The van der Waals surface area contributed by atoms with E-state index in [1.165, 1.54) is 25.9 Å². The van der Waals surface area contributed by atoms with E-state index in [4.69, 9.17) is 9.47 Å². The van der Waals surface area contributed by atoms with Crippen LogP contribution in [0, 0.1) is 0 Å². The Morgan fingerprint density at radius 2 is 1.61 bits per heavy atom. The predicted molar refractivity (Wildman–Crippen MR) is 135 cm³/mol. The number of carbonyl (C=O) groups is 1. The Morgan fingerprint density at radius 3 is 2.33 bits per heavy atom. The third-order valence-electron chi connectivity index (χ3n) is 6.17. The monoisotopic (exact) mass is 457 g/mol. The number of thiophene rings is 1. The number of nitrogens with zero attached hydrogens (tertiary/aromatic N) is 1. The number of carbonyl (C=O) groups excluding carboxylic acids is 1. The zero-order chi connectivity index (χ0) is 22.6. The summed E-state index contributed by atoms with van der Waals surface area (Å²) >= 11 is 1.55. The Morgan fingerprint density at radius 1 is 0.909 bits per heavy atom. The van der Waals surface area contributed by atoms with Crippen LogP contribution in [-0.2, 0) is 0 Å². The van der Waals surface area contributed by atoms with Crippen LogP contribution in [0.2, 0.25) is 0 Å². The van der Waals surface area contributed by atoms with E-state index < -0.39 is 0 Å². The molecule has 0 atom stereocenters. The maximum Gasteiger partial charge on any atom is 0.203 e. The van der Waals surface area contributed by atoms with Gasteiger partial charge in [0.15, 0.2) is 0 Å². The van der Waals surface area contributed by atoms with Crippen LogP contribution in [0.5, 0.6) is 11.5 Å². The molecule has 0 radical (unpaired) electrons. The van der Waals surface area contributed by atoms with Crippen molar-refractivity contribution in [2.24, 2.45) is 0 Å². The molecule has 1 saturated heterocycles. The number of benzene rings is 3. The first-order valence-corrected chi connectivity index (χ1v) is 12.2. The van der Waals surface area contributed by atoms with Gasteiger partial charge in [0.2, 0.25) is 5.78 Å².